The van der Waals surface area contributed by atoms with Gasteiger partial charge in [0.25, 0.3) is 0 Å². The SMILES string of the molecule is COC(=O)CC1C(=O)NCCN1CCOc1ccc(F)cc1. The van der Waals surface area contributed by atoms with Crippen molar-refractivity contribution in [1.29, 1.82) is 0 Å². The lowest BCUT2D eigenvalue weighted by Gasteiger charge is -2.34. The molecule has 1 amide bonds. The van der Waals surface area contributed by atoms with Crippen LogP contribution in [0, 0.1) is 5.82 Å². The van der Waals surface area contributed by atoms with Crippen LogP contribution in [0.3, 0.4) is 0 Å². The third kappa shape index (κ3) is 4.42. The first-order chi connectivity index (χ1) is 10.6. The first-order valence-electron chi connectivity index (χ1n) is 7.07. The van der Waals surface area contributed by atoms with Crippen LogP contribution in [-0.2, 0) is 14.3 Å². The highest BCUT2D eigenvalue weighted by Crippen LogP contribution is 2.13. The lowest BCUT2D eigenvalue weighted by Crippen LogP contribution is -2.56. The van der Waals surface area contributed by atoms with Crippen LogP contribution in [0.1, 0.15) is 6.42 Å². The van der Waals surface area contributed by atoms with Gasteiger partial charge in [-0.05, 0) is 24.3 Å². The van der Waals surface area contributed by atoms with Gasteiger partial charge in [0.15, 0.2) is 0 Å². The molecule has 2 rings (SSSR count). The van der Waals surface area contributed by atoms with Gasteiger partial charge in [-0.1, -0.05) is 0 Å². The van der Waals surface area contributed by atoms with Gasteiger partial charge in [0.1, 0.15) is 18.2 Å². The minimum Gasteiger partial charge on any atom is -0.492 e. The van der Waals surface area contributed by atoms with E-state index in [1.807, 2.05) is 4.90 Å². The lowest BCUT2D eigenvalue weighted by molar-refractivity contribution is -0.146. The molecule has 22 heavy (non-hydrogen) atoms. The molecule has 0 radical (unpaired) electrons. The summed E-state index contributed by atoms with van der Waals surface area (Å²) in [6, 6.07) is 5.19. The van der Waals surface area contributed by atoms with E-state index < -0.39 is 12.0 Å². The second-order valence-electron chi connectivity index (χ2n) is 4.93. The van der Waals surface area contributed by atoms with Crippen molar-refractivity contribution in [3.8, 4) is 5.75 Å². The van der Waals surface area contributed by atoms with E-state index in [-0.39, 0.29) is 18.1 Å². The largest absolute Gasteiger partial charge is 0.492 e. The Balaban J connectivity index is 1.87. The summed E-state index contributed by atoms with van der Waals surface area (Å²) in [5, 5.41) is 2.74. The molecule has 0 aromatic heterocycles. The minimum absolute atomic E-state index is 0.0128. The third-order valence-electron chi connectivity index (χ3n) is 3.49. The van der Waals surface area contributed by atoms with Crippen molar-refractivity contribution in [2.45, 2.75) is 12.5 Å². The molecule has 1 atom stereocenters. The van der Waals surface area contributed by atoms with E-state index in [0.717, 1.165) is 0 Å². The van der Waals surface area contributed by atoms with E-state index in [9.17, 15) is 14.0 Å². The Labute approximate surface area is 128 Å². The first-order valence-corrected chi connectivity index (χ1v) is 7.07. The molecule has 1 aliphatic heterocycles. The Hall–Kier alpha value is -2.15. The third-order valence-corrected chi connectivity index (χ3v) is 3.49. The van der Waals surface area contributed by atoms with E-state index in [0.29, 0.717) is 32.0 Å². The molecule has 0 bridgehead atoms. The number of piperazine rings is 1. The number of amides is 1. The summed E-state index contributed by atoms with van der Waals surface area (Å²) in [7, 11) is 1.30. The van der Waals surface area contributed by atoms with E-state index in [1.165, 1.54) is 19.2 Å². The number of carbonyl (C=O) groups excluding carboxylic acids is 2. The molecule has 1 aliphatic rings. The number of nitrogens with one attached hydrogen (secondary N) is 1. The van der Waals surface area contributed by atoms with Crippen LogP contribution < -0.4 is 10.1 Å². The number of hydrogen-bond acceptors (Lipinski definition) is 5. The average Bonchev–Trinajstić information content (AvgIpc) is 2.52. The number of methoxy groups -OCH3 is 1. The fraction of sp³-hybridized carbons (Fsp3) is 0.467. The van der Waals surface area contributed by atoms with Gasteiger partial charge in [0, 0.05) is 19.6 Å². The Kier molecular flexibility index (Phi) is 5.71. The summed E-state index contributed by atoms with van der Waals surface area (Å²) < 4.78 is 22.9. The molecule has 0 aliphatic carbocycles. The highest BCUT2D eigenvalue weighted by atomic mass is 19.1. The summed E-state index contributed by atoms with van der Waals surface area (Å²) in [6.07, 6.45) is 0.0128. The summed E-state index contributed by atoms with van der Waals surface area (Å²) in [4.78, 5) is 25.2. The second kappa shape index (κ2) is 7.74. The summed E-state index contributed by atoms with van der Waals surface area (Å²) in [6.45, 7) is 2.01. The molecule has 7 heteroatoms. The summed E-state index contributed by atoms with van der Waals surface area (Å²) in [5.41, 5.74) is 0. The van der Waals surface area contributed by atoms with E-state index in [4.69, 9.17) is 4.74 Å². The average molecular weight is 310 g/mol. The first kappa shape index (κ1) is 16.2. The number of ether oxygens (including phenoxy) is 2. The van der Waals surface area contributed by atoms with E-state index in [1.54, 1.807) is 12.1 Å². The smallest absolute Gasteiger partial charge is 0.307 e. The van der Waals surface area contributed by atoms with Crippen LogP contribution in [-0.4, -0.2) is 56.2 Å². The monoisotopic (exact) mass is 310 g/mol. The Morgan fingerprint density at radius 1 is 1.41 bits per heavy atom. The predicted octanol–water partition coefficient (Wildman–Crippen LogP) is 0.568. The van der Waals surface area contributed by atoms with Gasteiger partial charge < -0.3 is 14.8 Å². The molecule has 1 heterocycles. The molecule has 1 aromatic carbocycles. The number of hydrogen-bond donors (Lipinski definition) is 1. The van der Waals surface area contributed by atoms with E-state index in [2.05, 4.69) is 10.1 Å². The van der Waals surface area contributed by atoms with Gasteiger partial charge in [0.05, 0.1) is 19.6 Å². The second-order valence-corrected chi connectivity index (χ2v) is 4.93. The Morgan fingerprint density at radius 3 is 2.82 bits per heavy atom. The number of esters is 1. The molecule has 6 nitrogen and oxygen atoms in total. The molecule has 0 saturated carbocycles. The number of benzene rings is 1. The maximum Gasteiger partial charge on any atom is 0.307 e. The van der Waals surface area contributed by atoms with Gasteiger partial charge in [-0.15, -0.1) is 0 Å². The molecule has 1 fully saturated rings. The van der Waals surface area contributed by atoms with Crippen LogP contribution in [0.4, 0.5) is 4.39 Å². The zero-order valence-corrected chi connectivity index (χ0v) is 12.4. The minimum atomic E-state index is -0.544. The van der Waals surface area contributed by atoms with E-state index >= 15 is 0 Å². The van der Waals surface area contributed by atoms with Crippen molar-refractivity contribution in [2.75, 3.05) is 33.4 Å². The highest BCUT2D eigenvalue weighted by molar-refractivity contribution is 5.87. The quantitative estimate of drug-likeness (QED) is 0.778. The van der Waals surface area contributed by atoms with Crippen molar-refractivity contribution < 1.29 is 23.5 Å². The molecule has 1 saturated heterocycles. The zero-order valence-electron chi connectivity index (χ0n) is 12.4. The maximum absolute atomic E-state index is 12.8. The normalized spacial score (nSPS) is 18.6. The standard InChI is InChI=1S/C15H19FN2O4/c1-21-14(19)10-13-15(20)17-6-7-18(13)8-9-22-12-4-2-11(16)3-5-12/h2-5,13H,6-10H2,1H3,(H,17,20). The topological polar surface area (TPSA) is 67.9 Å². The number of halogens is 1. The number of rotatable bonds is 6. The van der Waals surface area contributed by atoms with Gasteiger partial charge in [-0.3, -0.25) is 14.5 Å². The summed E-state index contributed by atoms with van der Waals surface area (Å²) >= 11 is 0. The summed E-state index contributed by atoms with van der Waals surface area (Å²) in [5.74, 6) is -0.365. The van der Waals surface area contributed by atoms with Gasteiger partial charge in [-0.2, -0.15) is 0 Å². The molecule has 1 aromatic rings. The van der Waals surface area contributed by atoms with Crippen molar-refractivity contribution >= 4 is 11.9 Å². The number of carbonyl (C=O) groups is 2. The fourth-order valence-corrected chi connectivity index (χ4v) is 2.30. The predicted molar refractivity (Wildman–Crippen MR) is 76.9 cm³/mol. The van der Waals surface area contributed by atoms with Crippen LogP contribution >= 0.6 is 0 Å². The molecule has 120 valence electrons. The fourth-order valence-electron chi connectivity index (χ4n) is 2.30. The van der Waals surface area contributed by atoms with Crippen LogP contribution in [0.25, 0.3) is 0 Å². The maximum atomic E-state index is 12.8. The Morgan fingerprint density at radius 2 is 2.14 bits per heavy atom. The molecular weight excluding hydrogens is 291 g/mol. The lowest BCUT2D eigenvalue weighted by atomic mass is 10.1. The molecular formula is C15H19FN2O4. The molecule has 0 spiro atoms. The van der Waals surface area contributed by atoms with Gasteiger partial charge in [-0.25, -0.2) is 4.39 Å². The molecule has 1 unspecified atom stereocenters. The Bertz CT molecular complexity index is 521. The molecule has 1 N–H and O–H groups in total. The van der Waals surface area contributed by atoms with Gasteiger partial charge in [0.2, 0.25) is 5.91 Å². The van der Waals surface area contributed by atoms with Crippen LogP contribution in [0.15, 0.2) is 24.3 Å². The van der Waals surface area contributed by atoms with Crippen molar-refractivity contribution in [3.05, 3.63) is 30.1 Å². The van der Waals surface area contributed by atoms with Crippen molar-refractivity contribution in [3.63, 3.8) is 0 Å². The van der Waals surface area contributed by atoms with Crippen LogP contribution in [0.2, 0.25) is 0 Å². The zero-order chi connectivity index (χ0) is 15.9. The van der Waals surface area contributed by atoms with Crippen LogP contribution in [0.5, 0.6) is 5.75 Å². The highest BCUT2D eigenvalue weighted by Gasteiger charge is 2.31. The van der Waals surface area contributed by atoms with Gasteiger partial charge >= 0.3 is 5.97 Å². The van der Waals surface area contributed by atoms with Crippen molar-refractivity contribution in [1.82, 2.24) is 10.2 Å². The van der Waals surface area contributed by atoms with Crippen molar-refractivity contribution in [2.24, 2.45) is 0 Å². The number of nitrogens with zero attached hydrogens (tertiary/aromatic N) is 1.